The van der Waals surface area contributed by atoms with Gasteiger partial charge >= 0.3 is 0 Å². The average molecular weight is 236 g/mol. The van der Waals surface area contributed by atoms with Crippen molar-refractivity contribution in [1.82, 2.24) is 0 Å². The Morgan fingerprint density at radius 1 is 1.06 bits per heavy atom. The summed E-state index contributed by atoms with van der Waals surface area (Å²) in [7, 11) is 0. The van der Waals surface area contributed by atoms with E-state index < -0.39 is 0 Å². The first-order chi connectivity index (χ1) is 8.84. The van der Waals surface area contributed by atoms with Crippen LogP contribution in [0.4, 0.5) is 5.69 Å². The predicted octanol–water partition coefficient (Wildman–Crippen LogP) is 3.47. The summed E-state index contributed by atoms with van der Waals surface area (Å²) in [5.74, 6) is 0. The number of benzene rings is 2. The van der Waals surface area contributed by atoms with E-state index in [4.69, 9.17) is 0 Å². The van der Waals surface area contributed by atoms with Gasteiger partial charge in [0.05, 0.1) is 17.9 Å². The fourth-order valence-corrected chi connectivity index (χ4v) is 2.39. The maximum atomic E-state index is 4.62. The molecule has 2 aromatic carbocycles. The van der Waals surface area contributed by atoms with Crippen LogP contribution in [-0.4, -0.2) is 12.3 Å². The number of hydrazone groups is 1. The Morgan fingerprint density at radius 3 is 2.61 bits per heavy atom. The van der Waals surface area contributed by atoms with E-state index in [1.807, 2.05) is 24.4 Å². The number of anilines is 1. The van der Waals surface area contributed by atoms with Gasteiger partial charge in [0.25, 0.3) is 0 Å². The highest BCUT2D eigenvalue weighted by molar-refractivity contribution is 5.80. The SMILES string of the molecule is CC1Cc2ccccc2N1/N=C/c1ccccc1. The fraction of sp³-hybridized carbons (Fsp3) is 0.188. The summed E-state index contributed by atoms with van der Waals surface area (Å²) in [5, 5.41) is 6.74. The molecule has 3 rings (SSSR count). The first-order valence-electron chi connectivity index (χ1n) is 6.31. The van der Waals surface area contributed by atoms with Crippen molar-refractivity contribution in [2.24, 2.45) is 5.10 Å². The Morgan fingerprint density at radius 2 is 1.78 bits per heavy atom. The van der Waals surface area contributed by atoms with Crippen molar-refractivity contribution >= 4 is 11.9 Å². The van der Waals surface area contributed by atoms with Crippen molar-refractivity contribution in [2.45, 2.75) is 19.4 Å². The second-order valence-corrected chi connectivity index (χ2v) is 4.68. The summed E-state index contributed by atoms with van der Waals surface area (Å²) in [6.07, 6.45) is 3.00. The Kier molecular flexibility index (Phi) is 2.85. The van der Waals surface area contributed by atoms with Crippen LogP contribution in [0.1, 0.15) is 18.1 Å². The zero-order chi connectivity index (χ0) is 12.4. The van der Waals surface area contributed by atoms with Crippen molar-refractivity contribution in [3.63, 3.8) is 0 Å². The van der Waals surface area contributed by atoms with E-state index in [0.29, 0.717) is 6.04 Å². The lowest BCUT2D eigenvalue weighted by Gasteiger charge is -2.18. The molecule has 0 N–H and O–H groups in total. The molecule has 1 heterocycles. The molecule has 1 unspecified atom stereocenters. The molecule has 1 aliphatic heterocycles. The molecule has 0 fully saturated rings. The Bertz CT molecular complexity index is 560. The molecule has 0 radical (unpaired) electrons. The molecule has 0 aliphatic carbocycles. The molecule has 2 aromatic rings. The van der Waals surface area contributed by atoms with Gasteiger partial charge in [-0.2, -0.15) is 5.10 Å². The number of hydrogen-bond acceptors (Lipinski definition) is 2. The molecule has 2 nitrogen and oxygen atoms in total. The largest absolute Gasteiger partial charge is 0.262 e. The van der Waals surface area contributed by atoms with Crippen molar-refractivity contribution in [1.29, 1.82) is 0 Å². The normalized spacial score (nSPS) is 18.3. The monoisotopic (exact) mass is 236 g/mol. The first-order valence-corrected chi connectivity index (χ1v) is 6.31. The van der Waals surface area contributed by atoms with Gasteiger partial charge in [0, 0.05) is 0 Å². The summed E-state index contributed by atoms with van der Waals surface area (Å²) in [6.45, 7) is 2.21. The number of fused-ring (bicyclic) bond motifs is 1. The fourth-order valence-electron chi connectivity index (χ4n) is 2.39. The van der Waals surface area contributed by atoms with E-state index in [-0.39, 0.29) is 0 Å². The third kappa shape index (κ3) is 2.02. The van der Waals surface area contributed by atoms with Crippen LogP contribution in [0.3, 0.4) is 0 Å². The molecule has 0 bridgehead atoms. The Hall–Kier alpha value is -2.09. The second kappa shape index (κ2) is 4.65. The van der Waals surface area contributed by atoms with E-state index in [1.54, 1.807) is 0 Å². The van der Waals surface area contributed by atoms with Gasteiger partial charge in [-0.1, -0.05) is 48.5 Å². The topological polar surface area (TPSA) is 15.6 Å². The van der Waals surface area contributed by atoms with Gasteiger partial charge in [0.15, 0.2) is 0 Å². The van der Waals surface area contributed by atoms with Crippen LogP contribution < -0.4 is 5.01 Å². The quantitative estimate of drug-likeness (QED) is 0.729. The Balaban J connectivity index is 1.87. The lowest BCUT2D eigenvalue weighted by molar-refractivity contribution is 0.700. The van der Waals surface area contributed by atoms with Gasteiger partial charge in [0.1, 0.15) is 0 Å². The number of rotatable bonds is 2. The molecule has 18 heavy (non-hydrogen) atoms. The standard InChI is InChI=1S/C16H16N2/c1-13-11-15-9-5-6-10-16(15)18(13)17-12-14-7-3-2-4-8-14/h2-10,12-13H,11H2,1H3/b17-12+. The minimum absolute atomic E-state index is 0.433. The number of nitrogens with zero attached hydrogens (tertiary/aromatic N) is 2. The highest BCUT2D eigenvalue weighted by Crippen LogP contribution is 2.31. The lowest BCUT2D eigenvalue weighted by atomic mass is 10.1. The summed E-state index contributed by atoms with van der Waals surface area (Å²) in [4.78, 5) is 0. The van der Waals surface area contributed by atoms with Crippen LogP contribution in [-0.2, 0) is 6.42 Å². The third-order valence-corrected chi connectivity index (χ3v) is 3.30. The van der Waals surface area contributed by atoms with Crippen molar-refractivity contribution in [3.05, 3.63) is 65.7 Å². The highest BCUT2D eigenvalue weighted by Gasteiger charge is 2.24. The van der Waals surface area contributed by atoms with Crippen LogP contribution in [0.25, 0.3) is 0 Å². The van der Waals surface area contributed by atoms with E-state index in [9.17, 15) is 0 Å². The van der Waals surface area contributed by atoms with E-state index in [0.717, 1.165) is 12.0 Å². The van der Waals surface area contributed by atoms with Crippen molar-refractivity contribution < 1.29 is 0 Å². The Labute approximate surface area is 108 Å². The van der Waals surface area contributed by atoms with Crippen molar-refractivity contribution in [2.75, 3.05) is 5.01 Å². The van der Waals surface area contributed by atoms with Crippen LogP contribution in [0.2, 0.25) is 0 Å². The van der Waals surface area contributed by atoms with Crippen LogP contribution >= 0.6 is 0 Å². The van der Waals surface area contributed by atoms with Gasteiger partial charge < -0.3 is 0 Å². The number of hydrogen-bond donors (Lipinski definition) is 0. The van der Waals surface area contributed by atoms with Crippen molar-refractivity contribution in [3.8, 4) is 0 Å². The summed E-state index contributed by atoms with van der Waals surface area (Å²) >= 11 is 0. The maximum absolute atomic E-state index is 4.62. The summed E-state index contributed by atoms with van der Waals surface area (Å²) < 4.78 is 0. The summed E-state index contributed by atoms with van der Waals surface area (Å²) in [5.41, 5.74) is 3.75. The van der Waals surface area contributed by atoms with Gasteiger partial charge in [0.2, 0.25) is 0 Å². The molecule has 0 saturated heterocycles. The van der Waals surface area contributed by atoms with Crippen LogP contribution in [0.15, 0.2) is 59.7 Å². The molecule has 1 atom stereocenters. The van der Waals surface area contributed by atoms with Crippen LogP contribution in [0.5, 0.6) is 0 Å². The highest BCUT2D eigenvalue weighted by atomic mass is 15.5. The average Bonchev–Trinajstić information content (AvgIpc) is 2.73. The van der Waals surface area contributed by atoms with Gasteiger partial charge in [-0.3, -0.25) is 5.01 Å². The zero-order valence-corrected chi connectivity index (χ0v) is 10.5. The zero-order valence-electron chi connectivity index (χ0n) is 10.5. The molecular formula is C16H16N2. The van der Waals surface area contributed by atoms with E-state index in [2.05, 4.69) is 53.4 Å². The molecule has 0 aromatic heterocycles. The molecule has 0 spiro atoms. The maximum Gasteiger partial charge on any atom is 0.0629 e. The molecule has 0 amide bonds. The molecule has 0 saturated carbocycles. The molecular weight excluding hydrogens is 220 g/mol. The van der Waals surface area contributed by atoms with E-state index in [1.165, 1.54) is 11.3 Å². The minimum atomic E-state index is 0.433. The lowest BCUT2D eigenvalue weighted by Crippen LogP contribution is -2.23. The van der Waals surface area contributed by atoms with Gasteiger partial charge in [-0.15, -0.1) is 0 Å². The second-order valence-electron chi connectivity index (χ2n) is 4.68. The predicted molar refractivity (Wildman–Crippen MR) is 76.1 cm³/mol. The van der Waals surface area contributed by atoms with Crippen LogP contribution in [0, 0.1) is 0 Å². The third-order valence-electron chi connectivity index (χ3n) is 3.30. The molecule has 2 heteroatoms. The minimum Gasteiger partial charge on any atom is -0.262 e. The molecule has 1 aliphatic rings. The van der Waals surface area contributed by atoms with Gasteiger partial charge in [-0.05, 0) is 30.5 Å². The van der Waals surface area contributed by atoms with E-state index >= 15 is 0 Å². The first kappa shape index (κ1) is 11.0. The smallest absolute Gasteiger partial charge is 0.0629 e. The summed E-state index contributed by atoms with van der Waals surface area (Å²) in [6, 6.07) is 19.1. The number of para-hydroxylation sites is 1. The molecule has 90 valence electrons. The van der Waals surface area contributed by atoms with Gasteiger partial charge in [-0.25, -0.2) is 0 Å².